The topological polar surface area (TPSA) is 24.5 Å². The number of nitrogens with one attached hydrogen (secondary N) is 1. The van der Waals surface area contributed by atoms with Crippen LogP contribution in [0.1, 0.15) is 44.9 Å². The average molecular weight is 298 g/mol. The van der Waals surface area contributed by atoms with E-state index < -0.39 is 0 Å². The van der Waals surface area contributed by atoms with E-state index >= 15 is 0 Å². The van der Waals surface area contributed by atoms with Gasteiger partial charge in [0.15, 0.2) is 0 Å². The van der Waals surface area contributed by atoms with Crippen molar-refractivity contribution in [2.75, 3.05) is 44.3 Å². The Balaban J connectivity index is 1.34. The molecule has 0 saturated carbocycles. The Bertz CT molecular complexity index is 283. The molecule has 0 amide bonds. The van der Waals surface area contributed by atoms with Gasteiger partial charge in [-0.05, 0) is 82.6 Å². The van der Waals surface area contributed by atoms with Gasteiger partial charge in [-0.2, -0.15) is 11.8 Å². The molecule has 3 saturated heterocycles. The highest BCUT2D eigenvalue weighted by molar-refractivity contribution is 7.99. The van der Waals surface area contributed by atoms with Crippen LogP contribution in [0.3, 0.4) is 0 Å². The van der Waals surface area contributed by atoms with Crippen LogP contribution in [0.4, 0.5) is 0 Å². The molecule has 0 bridgehead atoms. The van der Waals surface area contributed by atoms with E-state index in [-0.39, 0.29) is 5.60 Å². The number of likely N-dealkylation sites (tertiary alicyclic amines) is 1. The smallest absolute Gasteiger partial charge is 0.0713 e. The third kappa shape index (κ3) is 4.12. The molecule has 1 N–H and O–H groups in total. The molecule has 3 fully saturated rings. The van der Waals surface area contributed by atoms with E-state index in [4.69, 9.17) is 4.74 Å². The number of nitrogens with zero attached hydrogens (tertiary/aromatic N) is 1. The van der Waals surface area contributed by atoms with Crippen LogP contribution in [0.25, 0.3) is 0 Å². The molecule has 1 spiro atoms. The second kappa shape index (κ2) is 7.48. The standard InChI is InChI=1S/C16H30N2OS/c1-2-9-18(8-1)10-3-7-17-15-4-11-19-16(14-15)5-12-20-13-6-16/h15,17H,1-14H2. The highest BCUT2D eigenvalue weighted by Gasteiger charge is 2.38. The minimum absolute atomic E-state index is 0.232. The summed E-state index contributed by atoms with van der Waals surface area (Å²) >= 11 is 2.09. The maximum absolute atomic E-state index is 6.16. The quantitative estimate of drug-likeness (QED) is 0.788. The van der Waals surface area contributed by atoms with Crippen LogP contribution in [0.2, 0.25) is 0 Å². The van der Waals surface area contributed by atoms with Gasteiger partial charge in [0.05, 0.1) is 5.60 Å². The van der Waals surface area contributed by atoms with Crippen molar-refractivity contribution in [3.05, 3.63) is 0 Å². The summed E-state index contributed by atoms with van der Waals surface area (Å²) in [6.45, 7) is 6.11. The van der Waals surface area contributed by atoms with Gasteiger partial charge in [-0.15, -0.1) is 0 Å². The van der Waals surface area contributed by atoms with Gasteiger partial charge in [0.1, 0.15) is 0 Å². The van der Waals surface area contributed by atoms with Crippen LogP contribution < -0.4 is 5.32 Å². The highest BCUT2D eigenvalue weighted by Crippen LogP contribution is 2.37. The molecule has 0 radical (unpaired) electrons. The van der Waals surface area contributed by atoms with Gasteiger partial charge in [0.2, 0.25) is 0 Å². The van der Waals surface area contributed by atoms with Crippen LogP contribution in [0.15, 0.2) is 0 Å². The molecule has 3 heterocycles. The third-order valence-corrected chi connectivity index (χ3v) is 6.17. The Labute approximate surface area is 128 Å². The zero-order valence-corrected chi connectivity index (χ0v) is 13.6. The SMILES string of the molecule is C1CCN(CCCNC2CCOC3(CCSCC3)C2)C1. The van der Waals surface area contributed by atoms with Crippen molar-refractivity contribution in [1.82, 2.24) is 10.2 Å². The van der Waals surface area contributed by atoms with Gasteiger partial charge in [-0.25, -0.2) is 0 Å². The lowest BCUT2D eigenvalue weighted by Crippen LogP contribution is -2.49. The first kappa shape index (κ1) is 15.1. The van der Waals surface area contributed by atoms with Crippen molar-refractivity contribution in [2.45, 2.75) is 56.6 Å². The summed E-state index contributed by atoms with van der Waals surface area (Å²) in [6, 6.07) is 0.699. The molecule has 3 aliphatic heterocycles. The number of hydrogen-bond acceptors (Lipinski definition) is 4. The van der Waals surface area contributed by atoms with Crippen molar-refractivity contribution < 1.29 is 4.74 Å². The first-order valence-corrected chi connectivity index (χ1v) is 9.69. The summed E-state index contributed by atoms with van der Waals surface area (Å²) in [5, 5.41) is 3.80. The van der Waals surface area contributed by atoms with Crippen molar-refractivity contribution in [2.24, 2.45) is 0 Å². The molecule has 116 valence electrons. The maximum Gasteiger partial charge on any atom is 0.0713 e. The van der Waals surface area contributed by atoms with E-state index in [0.29, 0.717) is 6.04 Å². The molecule has 3 aliphatic rings. The van der Waals surface area contributed by atoms with Gasteiger partial charge in [-0.1, -0.05) is 0 Å². The van der Waals surface area contributed by atoms with Crippen LogP contribution in [0.5, 0.6) is 0 Å². The maximum atomic E-state index is 6.16. The monoisotopic (exact) mass is 298 g/mol. The summed E-state index contributed by atoms with van der Waals surface area (Å²) in [7, 11) is 0. The summed E-state index contributed by atoms with van der Waals surface area (Å²) in [5.41, 5.74) is 0.232. The first-order valence-electron chi connectivity index (χ1n) is 8.54. The van der Waals surface area contributed by atoms with E-state index in [2.05, 4.69) is 22.0 Å². The zero-order chi connectivity index (χ0) is 13.7. The number of ether oxygens (including phenoxy) is 1. The van der Waals surface area contributed by atoms with Crippen LogP contribution in [-0.4, -0.2) is 60.8 Å². The Morgan fingerprint density at radius 2 is 2.00 bits per heavy atom. The molecular formula is C16H30N2OS. The van der Waals surface area contributed by atoms with E-state index in [1.165, 1.54) is 82.6 Å². The normalized spacial score (nSPS) is 30.9. The predicted molar refractivity (Wildman–Crippen MR) is 86.6 cm³/mol. The van der Waals surface area contributed by atoms with Crippen LogP contribution >= 0.6 is 11.8 Å². The fourth-order valence-corrected chi connectivity index (χ4v) is 5.15. The average Bonchev–Trinajstić information content (AvgIpc) is 2.98. The second-order valence-electron chi connectivity index (χ2n) is 6.69. The van der Waals surface area contributed by atoms with Crippen LogP contribution in [-0.2, 0) is 4.74 Å². The van der Waals surface area contributed by atoms with Gasteiger partial charge < -0.3 is 15.0 Å². The third-order valence-electron chi connectivity index (χ3n) is 5.18. The van der Waals surface area contributed by atoms with E-state index in [1.54, 1.807) is 0 Å². The number of thioether (sulfide) groups is 1. The van der Waals surface area contributed by atoms with Crippen molar-refractivity contribution >= 4 is 11.8 Å². The second-order valence-corrected chi connectivity index (χ2v) is 7.91. The molecule has 4 heteroatoms. The minimum Gasteiger partial charge on any atom is -0.375 e. The van der Waals surface area contributed by atoms with Gasteiger partial charge in [0, 0.05) is 12.6 Å². The summed E-state index contributed by atoms with van der Waals surface area (Å²) in [4.78, 5) is 2.62. The Hall–Kier alpha value is 0.230. The summed E-state index contributed by atoms with van der Waals surface area (Å²) in [5.74, 6) is 2.59. The fraction of sp³-hybridized carbons (Fsp3) is 1.00. The van der Waals surface area contributed by atoms with E-state index in [0.717, 1.165) is 6.61 Å². The summed E-state index contributed by atoms with van der Waals surface area (Å²) in [6.07, 6.45) is 9.12. The molecule has 0 aliphatic carbocycles. The molecule has 20 heavy (non-hydrogen) atoms. The Morgan fingerprint density at radius 3 is 2.80 bits per heavy atom. The largest absolute Gasteiger partial charge is 0.375 e. The van der Waals surface area contributed by atoms with Crippen molar-refractivity contribution in [3.63, 3.8) is 0 Å². The lowest BCUT2D eigenvalue weighted by molar-refractivity contribution is -0.0931. The van der Waals surface area contributed by atoms with Gasteiger partial charge >= 0.3 is 0 Å². The minimum atomic E-state index is 0.232. The van der Waals surface area contributed by atoms with Gasteiger partial charge in [0.25, 0.3) is 0 Å². The lowest BCUT2D eigenvalue weighted by atomic mass is 9.85. The predicted octanol–water partition coefficient (Wildman–Crippen LogP) is 2.51. The van der Waals surface area contributed by atoms with Crippen molar-refractivity contribution in [1.29, 1.82) is 0 Å². The molecule has 0 aromatic heterocycles. The first-order chi connectivity index (χ1) is 9.86. The highest BCUT2D eigenvalue weighted by atomic mass is 32.2. The molecule has 1 unspecified atom stereocenters. The van der Waals surface area contributed by atoms with E-state index in [9.17, 15) is 0 Å². The van der Waals surface area contributed by atoms with E-state index in [1.807, 2.05) is 0 Å². The lowest BCUT2D eigenvalue weighted by Gasteiger charge is -2.43. The van der Waals surface area contributed by atoms with Gasteiger partial charge in [-0.3, -0.25) is 0 Å². The number of hydrogen-bond donors (Lipinski definition) is 1. The van der Waals surface area contributed by atoms with Crippen LogP contribution in [0, 0.1) is 0 Å². The van der Waals surface area contributed by atoms with Crippen molar-refractivity contribution in [3.8, 4) is 0 Å². The molecule has 3 rings (SSSR count). The Kier molecular flexibility index (Phi) is 5.66. The number of rotatable bonds is 5. The zero-order valence-electron chi connectivity index (χ0n) is 12.7. The summed E-state index contributed by atoms with van der Waals surface area (Å²) < 4.78 is 6.16. The molecular weight excluding hydrogens is 268 g/mol. The molecule has 0 aromatic rings. The Morgan fingerprint density at radius 1 is 1.20 bits per heavy atom. The molecule has 3 nitrogen and oxygen atoms in total. The fourth-order valence-electron chi connectivity index (χ4n) is 3.91. The molecule has 0 aromatic carbocycles. The molecule has 1 atom stereocenters.